The van der Waals surface area contributed by atoms with Gasteiger partial charge >= 0.3 is 5.97 Å². The molecule has 0 amide bonds. The number of allylic oxidation sites excluding steroid dienone is 2. The minimum atomic E-state index is -3.49. The van der Waals surface area contributed by atoms with Gasteiger partial charge < -0.3 is 4.74 Å². The van der Waals surface area contributed by atoms with Crippen molar-refractivity contribution in [2.24, 2.45) is 5.92 Å². The zero-order chi connectivity index (χ0) is 22.8. The van der Waals surface area contributed by atoms with Gasteiger partial charge in [0.1, 0.15) is 11.7 Å². The number of esters is 1. The van der Waals surface area contributed by atoms with Gasteiger partial charge in [-0.25, -0.2) is 12.8 Å². The van der Waals surface area contributed by atoms with E-state index in [1.54, 1.807) is 31.2 Å². The Bertz CT molecular complexity index is 1140. The normalized spacial score (nSPS) is 19.0. The molecule has 1 aliphatic carbocycles. The predicted octanol–water partition coefficient (Wildman–Crippen LogP) is 4.17. The van der Waals surface area contributed by atoms with E-state index in [0.717, 1.165) is 6.26 Å². The van der Waals surface area contributed by atoms with Gasteiger partial charge in [0.15, 0.2) is 5.78 Å². The number of sulfonamides is 1. The molecule has 0 radical (unpaired) electrons. The molecule has 0 saturated carbocycles. The second-order valence-corrected chi connectivity index (χ2v) is 9.36. The molecule has 2 aromatic carbocycles. The number of rotatable bonds is 6. The lowest BCUT2D eigenvalue weighted by Gasteiger charge is -2.30. The van der Waals surface area contributed by atoms with Gasteiger partial charge in [-0.15, -0.1) is 0 Å². The fraction of sp³-hybridized carbons (Fsp3) is 0.273. The minimum absolute atomic E-state index is 0.0755. The Hall–Kier alpha value is -2.71. The van der Waals surface area contributed by atoms with Gasteiger partial charge in [0, 0.05) is 22.2 Å². The van der Waals surface area contributed by atoms with Crippen molar-refractivity contribution < 1.29 is 27.1 Å². The van der Waals surface area contributed by atoms with Crippen LogP contribution in [0.5, 0.6) is 0 Å². The SMILES string of the molecule is CCOC(=O)[C@H]1C(=O)C=C(c2cccc(NS(C)(=O)=O)c2)C[C@H]1c1c(F)cccc1Cl. The van der Waals surface area contributed by atoms with Crippen molar-refractivity contribution in [2.45, 2.75) is 19.3 Å². The van der Waals surface area contributed by atoms with Crippen LogP contribution < -0.4 is 4.72 Å². The smallest absolute Gasteiger partial charge is 0.317 e. The first-order valence-electron chi connectivity index (χ1n) is 9.54. The highest BCUT2D eigenvalue weighted by Crippen LogP contribution is 2.43. The first-order chi connectivity index (χ1) is 14.6. The van der Waals surface area contributed by atoms with Crippen molar-refractivity contribution in [3.05, 3.63) is 70.5 Å². The third-order valence-electron chi connectivity index (χ3n) is 4.91. The molecule has 1 N–H and O–H groups in total. The highest BCUT2D eigenvalue weighted by Gasteiger charge is 2.41. The van der Waals surface area contributed by atoms with E-state index in [9.17, 15) is 22.4 Å². The van der Waals surface area contributed by atoms with Crippen LogP contribution >= 0.6 is 11.6 Å². The number of halogens is 2. The summed E-state index contributed by atoms with van der Waals surface area (Å²) in [6, 6.07) is 10.7. The third-order valence-corrected chi connectivity index (χ3v) is 5.85. The molecule has 0 spiro atoms. The summed E-state index contributed by atoms with van der Waals surface area (Å²) in [6.45, 7) is 1.70. The molecule has 0 aliphatic heterocycles. The highest BCUT2D eigenvalue weighted by molar-refractivity contribution is 7.92. The molecule has 0 bridgehead atoms. The van der Waals surface area contributed by atoms with E-state index in [4.69, 9.17) is 16.3 Å². The van der Waals surface area contributed by atoms with Crippen LogP contribution in [0.15, 0.2) is 48.5 Å². The van der Waals surface area contributed by atoms with Gasteiger partial charge in [0.05, 0.1) is 12.9 Å². The van der Waals surface area contributed by atoms with Gasteiger partial charge in [0.2, 0.25) is 10.0 Å². The molecule has 3 rings (SSSR count). The number of hydrogen-bond donors (Lipinski definition) is 1. The molecular weight excluding hydrogens is 445 g/mol. The van der Waals surface area contributed by atoms with Crippen molar-refractivity contribution in [3.8, 4) is 0 Å². The monoisotopic (exact) mass is 465 g/mol. The predicted molar refractivity (Wildman–Crippen MR) is 117 cm³/mol. The number of ether oxygens (including phenoxy) is 1. The Morgan fingerprint density at radius 1 is 1.26 bits per heavy atom. The van der Waals surface area contributed by atoms with Crippen LogP contribution in [0, 0.1) is 11.7 Å². The lowest BCUT2D eigenvalue weighted by atomic mass is 9.73. The number of anilines is 1. The van der Waals surface area contributed by atoms with Gasteiger partial charge in [-0.1, -0.05) is 29.8 Å². The van der Waals surface area contributed by atoms with E-state index in [1.807, 2.05) is 0 Å². The number of ketones is 1. The zero-order valence-corrected chi connectivity index (χ0v) is 18.5. The standard InChI is InChI=1S/C22H21ClFNO5S/c1-3-30-22(27)21-16(20-17(23)8-5-9-18(20)24)11-14(12-19(21)26)13-6-4-7-15(10-13)25-31(2,28)29/h4-10,12,16,21,25H,3,11H2,1-2H3/t16-,21+/m0/s1. The van der Waals surface area contributed by atoms with Crippen LogP contribution in [-0.2, 0) is 24.3 Å². The fourth-order valence-corrected chi connectivity index (χ4v) is 4.58. The van der Waals surface area contributed by atoms with E-state index >= 15 is 0 Å². The Kier molecular flexibility index (Phi) is 6.81. The molecule has 2 aromatic rings. The molecule has 0 fully saturated rings. The minimum Gasteiger partial charge on any atom is -0.465 e. The summed E-state index contributed by atoms with van der Waals surface area (Å²) in [7, 11) is -3.49. The van der Waals surface area contributed by atoms with Crippen LogP contribution in [0.2, 0.25) is 5.02 Å². The van der Waals surface area contributed by atoms with E-state index in [0.29, 0.717) is 16.8 Å². The van der Waals surface area contributed by atoms with Crippen molar-refractivity contribution in [2.75, 3.05) is 17.6 Å². The van der Waals surface area contributed by atoms with Crippen molar-refractivity contribution in [1.29, 1.82) is 0 Å². The summed E-state index contributed by atoms with van der Waals surface area (Å²) >= 11 is 6.25. The highest BCUT2D eigenvalue weighted by atomic mass is 35.5. The molecule has 0 saturated heterocycles. The molecule has 0 heterocycles. The Morgan fingerprint density at radius 3 is 2.61 bits per heavy atom. The number of benzene rings is 2. The fourth-order valence-electron chi connectivity index (χ4n) is 3.72. The van der Waals surface area contributed by atoms with Crippen LogP contribution in [0.4, 0.5) is 10.1 Å². The average molecular weight is 466 g/mol. The van der Waals surface area contributed by atoms with Crippen LogP contribution in [-0.4, -0.2) is 33.0 Å². The molecule has 31 heavy (non-hydrogen) atoms. The first-order valence-corrected chi connectivity index (χ1v) is 11.8. The van der Waals surface area contributed by atoms with E-state index in [-0.39, 0.29) is 23.6 Å². The number of nitrogens with one attached hydrogen (secondary N) is 1. The maximum Gasteiger partial charge on any atom is 0.317 e. The quantitative estimate of drug-likeness (QED) is 0.511. The summed E-state index contributed by atoms with van der Waals surface area (Å²) in [5.74, 6) is -3.97. The maximum atomic E-state index is 14.7. The van der Waals surface area contributed by atoms with Crippen molar-refractivity contribution in [1.82, 2.24) is 0 Å². The van der Waals surface area contributed by atoms with Gasteiger partial charge in [-0.3, -0.25) is 14.3 Å². The lowest BCUT2D eigenvalue weighted by molar-refractivity contribution is -0.151. The number of hydrogen-bond acceptors (Lipinski definition) is 5. The molecule has 0 aromatic heterocycles. The first kappa shape index (κ1) is 23.0. The Labute approximate surface area is 185 Å². The largest absolute Gasteiger partial charge is 0.465 e. The van der Waals surface area contributed by atoms with Gasteiger partial charge in [-0.2, -0.15) is 0 Å². The Balaban J connectivity index is 2.07. The summed E-state index contributed by atoms with van der Waals surface area (Å²) in [5, 5.41) is 0.112. The number of carbonyl (C=O) groups is 2. The van der Waals surface area contributed by atoms with E-state index < -0.39 is 39.4 Å². The molecule has 6 nitrogen and oxygen atoms in total. The van der Waals surface area contributed by atoms with Crippen molar-refractivity contribution >= 4 is 44.6 Å². The van der Waals surface area contributed by atoms with Crippen molar-refractivity contribution in [3.63, 3.8) is 0 Å². The molecule has 9 heteroatoms. The average Bonchev–Trinajstić information content (AvgIpc) is 2.66. The van der Waals surface area contributed by atoms with E-state index in [2.05, 4.69) is 4.72 Å². The summed E-state index contributed by atoms with van der Waals surface area (Å²) in [5.41, 5.74) is 1.50. The second kappa shape index (κ2) is 9.20. The second-order valence-electron chi connectivity index (χ2n) is 7.20. The molecule has 164 valence electrons. The van der Waals surface area contributed by atoms with E-state index in [1.165, 1.54) is 24.3 Å². The van der Waals surface area contributed by atoms with Crippen LogP contribution in [0.25, 0.3) is 5.57 Å². The third kappa shape index (κ3) is 5.32. The van der Waals surface area contributed by atoms with Gasteiger partial charge in [0.25, 0.3) is 0 Å². The zero-order valence-electron chi connectivity index (χ0n) is 16.9. The molecular formula is C22H21ClFNO5S. The maximum absolute atomic E-state index is 14.7. The molecule has 1 aliphatic rings. The number of carbonyl (C=O) groups excluding carboxylic acids is 2. The lowest BCUT2D eigenvalue weighted by Crippen LogP contribution is -2.34. The van der Waals surface area contributed by atoms with Crippen LogP contribution in [0.1, 0.15) is 30.4 Å². The molecule has 2 atom stereocenters. The topological polar surface area (TPSA) is 89.5 Å². The van der Waals surface area contributed by atoms with Gasteiger partial charge in [-0.05, 0) is 54.8 Å². The Morgan fingerprint density at radius 2 is 1.97 bits per heavy atom. The summed E-state index contributed by atoms with van der Waals surface area (Å²) in [6.07, 6.45) is 2.49. The molecule has 0 unspecified atom stereocenters. The summed E-state index contributed by atoms with van der Waals surface area (Å²) < 4.78 is 45.3. The van der Waals surface area contributed by atoms with Crippen LogP contribution in [0.3, 0.4) is 0 Å². The summed E-state index contributed by atoms with van der Waals surface area (Å²) in [4.78, 5) is 25.5.